The largest absolute Gasteiger partial charge is 0.355 e. The minimum absolute atomic E-state index is 0.0305. The van der Waals surface area contributed by atoms with E-state index in [1.807, 2.05) is 0 Å². The second kappa shape index (κ2) is 8.88. The monoisotopic (exact) mass is 492 g/mol. The third kappa shape index (κ3) is 6.18. The molecule has 0 atom stereocenters. The number of hydrogen-bond acceptors (Lipinski definition) is 3. The Hall–Kier alpha value is -1.29. The number of carbonyl (C=O) groups excluding carboxylic acids is 1. The molecule has 5 nitrogen and oxygen atoms in total. The molecular formula is C16H15Br2FN2O3S. The minimum atomic E-state index is -3.69. The van der Waals surface area contributed by atoms with Crippen molar-refractivity contribution in [2.75, 3.05) is 13.1 Å². The van der Waals surface area contributed by atoms with Crippen LogP contribution in [-0.2, 0) is 21.2 Å². The summed E-state index contributed by atoms with van der Waals surface area (Å²) in [7, 11) is -3.69. The molecule has 0 unspecified atom stereocenters. The van der Waals surface area contributed by atoms with Crippen LogP contribution < -0.4 is 10.0 Å². The summed E-state index contributed by atoms with van der Waals surface area (Å²) in [4.78, 5) is 11.9. The summed E-state index contributed by atoms with van der Waals surface area (Å²) in [5.41, 5.74) is 0.553. The fraction of sp³-hybridized carbons (Fsp3) is 0.188. The topological polar surface area (TPSA) is 75.3 Å². The number of carbonyl (C=O) groups is 1. The van der Waals surface area contributed by atoms with Gasteiger partial charge in [0.05, 0.1) is 11.3 Å². The number of benzene rings is 2. The van der Waals surface area contributed by atoms with E-state index < -0.39 is 15.8 Å². The molecule has 2 aromatic carbocycles. The average molecular weight is 494 g/mol. The van der Waals surface area contributed by atoms with E-state index in [4.69, 9.17) is 0 Å². The van der Waals surface area contributed by atoms with Crippen LogP contribution in [0.25, 0.3) is 0 Å². The molecule has 0 fully saturated rings. The normalized spacial score (nSPS) is 11.3. The molecule has 2 rings (SSSR count). The molecule has 134 valence electrons. The van der Waals surface area contributed by atoms with Crippen LogP contribution in [0.5, 0.6) is 0 Å². The molecule has 0 bridgehead atoms. The van der Waals surface area contributed by atoms with E-state index in [1.54, 1.807) is 18.2 Å². The first-order chi connectivity index (χ1) is 11.8. The number of sulfonamides is 1. The standard InChI is InChI=1S/C16H15Br2FN2O3S/c17-12-4-5-15(14(18)10-12)25(23,24)21-7-6-20-16(22)9-11-2-1-3-13(19)8-11/h1-5,8,10,21H,6-7,9H2,(H,20,22). The van der Waals surface area contributed by atoms with Crippen molar-refractivity contribution >= 4 is 47.8 Å². The van der Waals surface area contributed by atoms with Gasteiger partial charge in [-0.05, 0) is 51.8 Å². The van der Waals surface area contributed by atoms with E-state index in [1.165, 1.54) is 24.3 Å². The molecule has 0 aromatic heterocycles. The number of hydrogen-bond donors (Lipinski definition) is 2. The van der Waals surface area contributed by atoms with Crippen LogP contribution in [0.3, 0.4) is 0 Å². The van der Waals surface area contributed by atoms with Crippen molar-refractivity contribution in [1.29, 1.82) is 0 Å². The Kier molecular flexibility index (Phi) is 7.12. The zero-order valence-electron chi connectivity index (χ0n) is 12.9. The van der Waals surface area contributed by atoms with Gasteiger partial charge in [-0.3, -0.25) is 4.79 Å². The van der Waals surface area contributed by atoms with Crippen LogP contribution in [0.1, 0.15) is 5.56 Å². The van der Waals surface area contributed by atoms with E-state index in [0.29, 0.717) is 10.0 Å². The van der Waals surface area contributed by atoms with Gasteiger partial charge in [0.1, 0.15) is 5.82 Å². The van der Waals surface area contributed by atoms with Gasteiger partial charge >= 0.3 is 0 Å². The molecule has 0 aliphatic carbocycles. The molecule has 0 saturated heterocycles. The smallest absolute Gasteiger partial charge is 0.241 e. The van der Waals surface area contributed by atoms with Gasteiger partial charge in [0.15, 0.2) is 0 Å². The SMILES string of the molecule is O=C(Cc1cccc(F)c1)NCCNS(=O)(=O)c1ccc(Br)cc1Br. The summed E-state index contributed by atoms with van der Waals surface area (Å²) < 4.78 is 41.1. The lowest BCUT2D eigenvalue weighted by atomic mass is 10.1. The predicted octanol–water partition coefficient (Wildman–Crippen LogP) is 2.99. The molecule has 2 aromatic rings. The summed E-state index contributed by atoms with van der Waals surface area (Å²) >= 11 is 6.47. The lowest BCUT2D eigenvalue weighted by molar-refractivity contribution is -0.120. The van der Waals surface area contributed by atoms with Crippen molar-refractivity contribution < 1.29 is 17.6 Å². The van der Waals surface area contributed by atoms with Crippen LogP contribution >= 0.6 is 31.9 Å². The maximum atomic E-state index is 13.1. The Bertz CT molecular complexity index is 875. The minimum Gasteiger partial charge on any atom is -0.355 e. The molecule has 0 saturated carbocycles. The zero-order valence-corrected chi connectivity index (χ0v) is 16.9. The lowest BCUT2D eigenvalue weighted by Gasteiger charge is -2.10. The first-order valence-electron chi connectivity index (χ1n) is 7.24. The fourth-order valence-corrected chi connectivity index (χ4v) is 4.83. The summed E-state index contributed by atoms with van der Waals surface area (Å²) in [6.07, 6.45) is 0.0305. The number of rotatable bonds is 7. The Labute approximate surface area is 162 Å². The van der Waals surface area contributed by atoms with Gasteiger partial charge < -0.3 is 5.32 Å². The molecule has 25 heavy (non-hydrogen) atoms. The van der Waals surface area contributed by atoms with Crippen molar-refractivity contribution in [1.82, 2.24) is 10.0 Å². The Balaban J connectivity index is 1.82. The van der Waals surface area contributed by atoms with E-state index in [-0.39, 0.29) is 30.3 Å². The van der Waals surface area contributed by atoms with Crippen LogP contribution in [0.15, 0.2) is 56.3 Å². The molecule has 1 amide bonds. The van der Waals surface area contributed by atoms with Gasteiger partial charge in [0, 0.05) is 22.0 Å². The highest BCUT2D eigenvalue weighted by Crippen LogP contribution is 2.25. The van der Waals surface area contributed by atoms with E-state index in [0.717, 1.165) is 4.47 Å². The molecule has 0 heterocycles. The Morgan fingerprint density at radius 1 is 1.08 bits per heavy atom. The van der Waals surface area contributed by atoms with Gasteiger partial charge in [-0.25, -0.2) is 17.5 Å². The molecule has 0 aliphatic heterocycles. The zero-order chi connectivity index (χ0) is 18.4. The number of nitrogens with one attached hydrogen (secondary N) is 2. The lowest BCUT2D eigenvalue weighted by Crippen LogP contribution is -2.35. The highest BCUT2D eigenvalue weighted by Gasteiger charge is 2.17. The van der Waals surface area contributed by atoms with Crippen molar-refractivity contribution in [3.8, 4) is 0 Å². The van der Waals surface area contributed by atoms with Crippen LogP contribution in [0.2, 0.25) is 0 Å². The predicted molar refractivity (Wildman–Crippen MR) is 100 cm³/mol. The van der Waals surface area contributed by atoms with Crippen molar-refractivity contribution in [3.05, 3.63) is 62.8 Å². The van der Waals surface area contributed by atoms with Gasteiger partial charge in [-0.15, -0.1) is 0 Å². The maximum absolute atomic E-state index is 13.1. The van der Waals surface area contributed by atoms with E-state index >= 15 is 0 Å². The third-order valence-corrected chi connectivity index (χ3v) is 6.11. The van der Waals surface area contributed by atoms with Crippen LogP contribution in [-0.4, -0.2) is 27.4 Å². The highest BCUT2D eigenvalue weighted by molar-refractivity contribution is 9.11. The molecular weight excluding hydrogens is 479 g/mol. The van der Waals surface area contributed by atoms with E-state index in [2.05, 4.69) is 41.9 Å². The first kappa shape index (κ1) is 20.0. The Morgan fingerprint density at radius 2 is 1.84 bits per heavy atom. The Morgan fingerprint density at radius 3 is 2.52 bits per heavy atom. The summed E-state index contributed by atoms with van der Waals surface area (Å²) in [6.45, 7) is 0.168. The fourth-order valence-electron chi connectivity index (χ4n) is 2.05. The van der Waals surface area contributed by atoms with Gasteiger partial charge in [0.25, 0.3) is 0 Å². The third-order valence-electron chi connectivity index (χ3n) is 3.18. The molecule has 2 N–H and O–H groups in total. The molecule has 0 spiro atoms. The summed E-state index contributed by atoms with van der Waals surface area (Å²) in [6, 6.07) is 10.5. The second-order valence-electron chi connectivity index (χ2n) is 5.13. The van der Waals surface area contributed by atoms with Crippen molar-refractivity contribution in [3.63, 3.8) is 0 Å². The van der Waals surface area contributed by atoms with Crippen LogP contribution in [0.4, 0.5) is 4.39 Å². The van der Waals surface area contributed by atoms with Crippen molar-refractivity contribution in [2.24, 2.45) is 0 Å². The van der Waals surface area contributed by atoms with Crippen molar-refractivity contribution in [2.45, 2.75) is 11.3 Å². The number of amides is 1. The highest BCUT2D eigenvalue weighted by atomic mass is 79.9. The quantitative estimate of drug-likeness (QED) is 0.582. The molecule has 0 aliphatic rings. The second-order valence-corrected chi connectivity index (χ2v) is 8.63. The number of halogens is 3. The summed E-state index contributed by atoms with van der Waals surface area (Å²) in [5.74, 6) is -0.715. The van der Waals surface area contributed by atoms with Crippen LogP contribution in [0, 0.1) is 5.82 Å². The average Bonchev–Trinajstić information content (AvgIpc) is 2.51. The molecule has 9 heteroatoms. The van der Waals surface area contributed by atoms with Gasteiger partial charge in [-0.1, -0.05) is 28.1 Å². The summed E-state index contributed by atoms with van der Waals surface area (Å²) in [5, 5.41) is 2.59. The first-order valence-corrected chi connectivity index (χ1v) is 10.3. The van der Waals surface area contributed by atoms with E-state index in [9.17, 15) is 17.6 Å². The van der Waals surface area contributed by atoms with Gasteiger partial charge in [0.2, 0.25) is 15.9 Å². The maximum Gasteiger partial charge on any atom is 0.241 e. The molecule has 0 radical (unpaired) electrons. The van der Waals surface area contributed by atoms with Gasteiger partial charge in [-0.2, -0.15) is 0 Å².